The van der Waals surface area contributed by atoms with E-state index in [2.05, 4.69) is 15.0 Å². The van der Waals surface area contributed by atoms with Crippen LogP contribution in [0, 0.1) is 0 Å². The van der Waals surface area contributed by atoms with Gasteiger partial charge in [-0.05, 0) is 18.9 Å². The summed E-state index contributed by atoms with van der Waals surface area (Å²) in [6.45, 7) is 0. The highest BCUT2D eigenvalue weighted by molar-refractivity contribution is 5.81. The molecule has 2 aromatic heterocycles. The lowest BCUT2D eigenvalue weighted by Crippen LogP contribution is -2.32. The molecular weight excluding hydrogens is 358 g/mol. The molecule has 1 aliphatic rings. The minimum absolute atomic E-state index is 0.0766. The van der Waals surface area contributed by atoms with Crippen LogP contribution in [0.2, 0.25) is 0 Å². The summed E-state index contributed by atoms with van der Waals surface area (Å²) in [6, 6.07) is -1.63. The van der Waals surface area contributed by atoms with E-state index in [1.54, 1.807) is 0 Å². The number of aliphatic hydroxyl groups is 2. The Bertz CT molecular complexity index is 869. The molecule has 1 aliphatic heterocycles. The largest absolute Gasteiger partial charge is 0.480 e. The summed E-state index contributed by atoms with van der Waals surface area (Å²) in [5.74, 6) is -0.858. The molecule has 9 N–H and O–H groups in total. The Balaban J connectivity index is 1.77. The summed E-state index contributed by atoms with van der Waals surface area (Å²) in [5.41, 5.74) is 17.8. The monoisotopic (exact) mass is 379 g/mol. The van der Waals surface area contributed by atoms with Gasteiger partial charge in [0.1, 0.15) is 42.2 Å². The van der Waals surface area contributed by atoms with Crippen molar-refractivity contribution < 1.29 is 24.9 Å². The predicted molar refractivity (Wildman–Crippen MR) is 92.8 cm³/mol. The van der Waals surface area contributed by atoms with Gasteiger partial charge in [0.25, 0.3) is 0 Å². The normalized spacial score (nSPS) is 26.2. The lowest BCUT2D eigenvalue weighted by atomic mass is 10.1. The molecule has 5 atom stereocenters. The molecule has 12 nitrogen and oxygen atoms in total. The molecule has 0 aliphatic carbocycles. The van der Waals surface area contributed by atoms with Crippen LogP contribution in [0.25, 0.3) is 11.2 Å². The molecule has 1 fully saturated rings. The Morgan fingerprint density at radius 3 is 2.74 bits per heavy atom. The van der Waals surface area contributed by atoms with E-state index in [-0.39, 0.29) is 24.4 Å². The van der Waals surface area contributed by atoms with Gasteiger partial charge < -0.3 is 37.3 Å². The first-order chi connectivity index (χ1) is 12.8. The molecule has 146 valence electrons. The molecule has 0 amide bonds. The number of carboxylic acid groups (broad SMARTS) is 1. The molecule has 0 saturated carbocycles. The minimum atomic E-state index is -1.31. The highest BCUT2D eigenvalue weighted by Crippen LogP contribution is 2.34. The molecule has 2 aromatic rings. The molecule has 3 heterocycles. The molecule has 0 radical (unpaired) electrons. The number of hydrogen-bond acceptors (Lipinski definition) is 10. The third-order valence-corrected chi connectivity index (χ3v) is 4.33. The molecule has 0 bridgehead atoms. The van der Waals surface area contributed by atoms with Crippen molar-refractivity contribution in [2.75, 3.05) is 5.73 Å². The number of carboxylic acids is 1. The van der Waals surface area contributed by atoms with Crippen LogP contribution in [0.4, 0.5) is 5.82 Å². The third-order valence-electron chi connectivity index (χ3n) is 4.33. The van der Waals surface area contributed by atoms with Gasteiger partial charge in [0.15, 0.2) is 11.5 Å². The van der Waals surface area contributed by atoms with Crippen molar-refractivity contribution in [3.63, 3.8) is 0 Å². The number of nitrogen functional groups attached to an aromatic ring is 1. The molecule has 3 rings (SSSR count). The SMILES string of the molecule is Nc1ncnc2c1ncn2[C@@H]1O/C(=C\[C@H](N)CC[C@@H](N)C(=O)O)[C@@H](O)[C@H]1O. The fourth-order valence-electron chi connectivity index (χ4n) is 2.81. The second-order valence-corrected chi connectivity index (χ2v) is 6.28. The lowest BCUT2D eigenvalue weighted by Gasteiger charge is -2.16. The lowest BCUT2D eigenvalue weighted by molar-refractivity contribution is -0.138. The number of aromatic nitrogens is 4. The summed E-state index contributed by atoms with van der Waals surface area (Å²) in [5, 5.41) is 29.4. The highest BCUT2D eigenvalue weighted by atomic mass is 16.5. The van der Waals surface area contributed by atoms with Crippen LogP contribution >= 0.6 is 0 Å². The Morgan fingerprint density at radius 1 is 1.30 bits per heavy atom. The average Bonchev–Trinajstić information content (AvgIpc) is 3.17. The zero-order valence-electron chi connectivity index (χ0n) is 14.2. The molecule has 27 heavy (non-hydrogen) atoms. The van der Waals surface area contributed by atoms with Crippen LogP contribution in [0.15, 0.2) is 24.5 Å². The van der Waals surface area contributed by atoms with Gasteiger partial charge in [-0.1, -0.05) is 0 Å². The summed E-state index contributed by atoms with van der Waals surface area (Å²) in [4.78, 5) is 22.8. The maximum atomic E-state index is 10.7. The van der Waals surface area contributed by atoms with E-state index < -0.39 is 36.5 Å². The molecule has 0 spiro atoms. The zero-order valence-corrected chi connectivity index (χ0v) is 14.2. The maximum Gasteiger partial charge on any atom is 0.320 e. The van der Waals surface area contributed by atoms with Crippen molar-refractivity contribution in [3.8, 4) is 0 Å². The summed E-state index contributed by atoms with van der Waals surface area (Å²) in [6.07, 6.45) is 0.904. The quantitative estimate of drug-likeness (QED) is 0.325. The number of carbonyl (C=O) groups is 1. The Hall–Kier alpha value is -2.80. The summed E-state index contributed by atoms with van der Waals surface area (Å²) in [7, 11) is 0. The first-order valence-corrected chi connectivity index (χ1v) is 8.21. The average molecular weight is 379 g/mol. The van der Waals surface area contributed by atoms with E-state index in [4.69, 9.17) is 27.0 Å². The first-order valence-electron chi connectivity index (χ1n) is 8.21. The molecule has 0 unspecified atom stereocenters. The van der Waals surface area contributed by atoms with Crippen LogP contribution < -0.4 is 17.2 Å². The van der Waals surface area contributed by atoms with E-state index in [0.29, 0.717) is 11.2 Å². The van der Waals surface area contributed by atoms with Gasteiger partial charge in [-0.2, -0.15) is 0 Å². The smallest absolute Gasteiger partial charge is 0.320 e. The fourth-order valence-corrected chi connectivity index (χ4v) is 2.81. The number of ether oxygens (including phenoxy) is 1. The topological polar surface area (TPSA) is 209 Å². The highest BCUT2D eigenvalue weighted by Gasteiger charge is 2.41. The van der Waals surface area contributed by atoms with Gasteiger partial charge in [-0.15, -0.1) is 0 Å². The molecule has 12 heteroatoms. The third kappa shape index (κ3) is 3.68. The zero-order chi connectivity index (χ0) is 19.7. The number of aliphatic hydroxyl groups excluding tert-OH is 2. The van der Waals surface area contributed by atoms with Crippen molar-refractivity contribution in [3.05, 3.63) is 24.5 Å². The van der Waals surface area contributed by atoms with Crippen molar-refractivity contribution in [2.24, 2.45) is 11.5 Å². The van der Waals surface area contributed by atoms with Crippen molar-refractivity contribution in [2.45, 2.75) is 43.4 Å². The van der Waals surface area contributed by atoms with Crippen LogP contribution in [0.3, 0.4) is 0 Å². The Kier molecular flexibility index (Phi) is 5.23. The predicted octanol–water partition coefficient (Wildman–Crippen LogP) is -1.94. The number of imidazole rings is 1. The molecular formula is C15H21N7O5. The van der Waals surface area contributed by atoms with Crippen LogP contribution in [0.5, 0.6) is 0 Å². The van der Waals surface area contributed by atoms with Gasteiger partial charge in [-0.25, -0.2) is 15.0 Å². The van der Waals surface area contributed by atoms with Gasteiger partial charge in [-0.3, -0.25) is 9.36 Å². The van der Waals surface area contributed by atoms with E-state index in [9.17, 15) is 15.0 Å². The number of rotatable bonds is 6. The number of nitrogens with zero attached hydrogens (tertiary/aromatic N) is 4. The van der Waals surface area contributed by atoms with Crippen molar-refractivity contribution in [1.29, 1.82) is 0 Å². The molecule has 0 aromatic carbocycles. The van der Waals surface area contributed by atoms with E-state index in [1.165, 1.54) is 23.3 Å². The Morgan fingerprint density at radius 2 is 2.04 bits per heavy atom. The second-order valence-electron chi connectivity index (χ2n) is 6.28. The van der Waals surface area contributed by atoms with Gasteiger partial charge in [0, 0.05) is 6.04 Å². The van der Waals surface area contributed by atoms with E-state index in [0.717, 1.165) is 0 Å². The number of aliphatic carboxylic acids is 1. The van der Waals surface area contributed by atoms with E-state index >= 15 is 0 Å². The first kappa shape index (κ1) is 19.0. The summed E-state index contributed by atoms with van der Waals surface area (Å²) >= 11 is 0. The maximum absolute atomic E-state index is 10.7. The van der Waals surface area contributed by atoms with Gasteiger partial charge >= 0.3 is 5.97 Å². The fraction of sp³-hybridized carbons (Fsp3) is 0.467. The van der Waals surface area contributed by atoms with Gasteiger partial charge in [0.2, 0.25) is 6.23 Å². The number of hydrogen-bond donors (Lipinski definition) is 6. The summed E-state index contributed by atoms with van der Waals surface area (Å²) < 4.78 is 7.10. The van der Waals surface area contributed by atoms with Gasteiger partial charge in [0.05, 0.1) is 0 Å². The number of anilines is 1. The van der Waals surface area contributed by atoms with Crippen molar-refractivity contribution in [1.82, 2.24) is 19.5 Å². The van der Waals surface area contributed by atoms with Crippen molar-refractivity contribution >= 4 is 23.0 Å². The number of nitrogens with two attached hydrogens (primary N) is 3. The minimum Gasteiger partial charge on any atom is -0.480 e. The standard InChI is InChI=1S/C15H21N7O5/c16-6(1-2-7(17)15(25)26)3-8-10(23)11(24)14(27-8)22-5-21-9-12(18)19-4-20-13(9)22/h3-7,10-11,14,23-24H,1-2,16-17H2,(H,25,26)(H2,18,19,20)/b8-3-/t6-,7-,10-,11-,14-/m1/s1. The van der Waals surface area contributed by atoms with Crippen LogP contribution in [0.1, 0.15) is 19.1 Å². The van der Waals surface area contributed by atoms with Crippen LogP contribution in [-0.4, -0.2) is 65.1 Å². The molecule has 1 saturated heterocycles. The Labute approximate surface area is 153 Å². The van der Waals surface area contributed by atoms with Crippen LogP contribution in [-0.2, 0) is 9.53 Å². The number of fused-ring (bicyclic) bond motifs is 1. The van der Waals surface area contributed by atoms with E-state index in [1.807, 2.05) is 0 Å². The second kappa shape index (κ2) is 7.44.